The molecule has 2 rings (SSSR count). The first-order valence-electron chi connectivity index (χ1n) is 6.39. The number of aromatic nitrogens is 2. The number of aryl methyl sites for hydroxylation is 1. The minimum atomic E-state index is 0.106. The van der Waals surface area contributed by atoms with Crippen LogP contribution in [0.4, 0.5) is 11.8 Å². The second-order valence-electron chi connectivity index (χ2n) is 4.89. The Bertz CT molecular complexity index is 613. The van der Waals surface area contributed by atoms with Gasteiger partial charge >= 0.3 is 0 Å². The monoisotopic (exact) mass is 273 g/mol. The Labute approximate surface area is 118 Å². The molecule has 0 radical (unpaired) electrons. The molecule has 0 saturated heterocycles. The molecule has 0 aliphatic carbocycles. The molecule has 2 aromatic rings. The number of hydrazine groups is 1. The summed E-state index contributed by atoms with van der Waals surface area (Å²) in [7, 11) is 0. The van der Waals surface area contributed by atoms with Gasteiger partial charge in [-0.05, 0) is 30.0 Å². The molecule has 0 fully saturated rings. The van der Waals surface area contributed by atoms with Crippen LogP contribution in [0.2, 0.25) is 0 Å². The minimum Gasteiger partial charge on any atom is -0.438 e. The van der Waals surface area contributed by atoms with Crippen molar-refractivity contribution in [3.63, 3.8) is 0 Å². The number of nitrogen functional groups attached to an aromatic ring is 2. The van der Waals surface area contributed by atoms with Crippen molar-refractivity contribution in [2.75, 3.05) is 11.2 Å². The maximum atomic E-state index is 5.85. The number of nitrogens with zero attached hydrogens (tertiary/aromatic N) is 2. The molecule has 0 saturated carbocycles. The summed E-state index contributed by atoms with van der Waals surface area (Å²) in [4.78, 5) is 7.98. The number of hydrogen-bond donors (Lipinski definition) is 3. The molecule has 6 heteroatoms. The van der Waals surface area contributed by atoms with Gasteiger partial charge in [-0.3, -0.25) is 0 Å². The SMILES string of the molecule is Cc1ccc(C(C)C)c(Oc2cc(NN)nc(N)n2)c1. The molecule has 1 aromatic carbocycles. The zero-order valence-corrected chi connectivity index (χ0v) is 11.8. The number of rotatable bonds is 4. The van der Waals surface area contributed by atoms with Gasteiger partial charge in [0, 0.05) is 6.07 Å². The fourth-order valence-corrected chi connectivity index (χ4v) is 1.89. The van der Waals surface area contributed by atoms with Crippen molar-refractivity contribution in [2.45, 2.75) is 26.7 Å². The van der Waals surface area contributed by atoms with E-state index in [1.54, 1.807) is 6.07 Å². The molecule has 6 nitrogen and oxygen atoms in total. The highest BCUT2D eigenvalue weighted by Gasteiger charge is 2.11. The Morgan fingerprint density at radius 3 is 2.60 bits per heavy atom. The number of nitrogens with one attached hydrogen (secondary N) is 1. The lowest BCUT2D eigenvalue weighted by Crippen LogP contribution is -2.10. The summed E-state index contributed by atoms with van der Waals surface area (Å²) in [6.45, 7) is 6.23. The quantitative estimate of drug-likeness (QED) is 0.585. The molecule has 5 N–H and O–H groups in total. The first-order valence-corrected chi connectivity index (χ1v) is 6.39. The molecule has 0 aliphatic rings. The van der Waals surface area contributed by atoms with Gasteiger partial charge in [0.05, 0.1) is 0 Å². The zero-order valence-electron chi connectivity index (χ0n) is 11.8. The van der Waals surface area contributed by atoms with E-state index in [2.05, 4.69) is 41.4 Å². The number of nitrogens with two attached hydrogens (primary N) is 2. The lowest BCUT2D eigenvalue weighted by molar-refractivity contribution is 0.454. The second-order valence-corrected chi connectivity index (χ2v) is 4.89. The Morgan fingerprint density at radius 2 is 1.95 bits per heavy atom. The molecule has 0 bridgehead atoms. The Balaban J connectivity index is 2.38. The second kappa shape index (κ2) is 5.75. The van der Waals surface area contributed by atoms with Gasteiger partial charge in [0.25, 0.3) is 0 Å². The van der Waals surface area contributed by atoms with E-state index in [-0.39, 0.29) is 5.95 Å². The molecule has 0 atom stereocenters. The van der Waals surface area contributed by atoms with E-state index in [1.165, 1.54) is 0 Å². The van der Waals surface area contributed by atoms with Gasteiger partial charge in [-0.25, -0.2) is 5.84 Å². The summed E-state index contributed by atoms with van der Waals surface area (Å²) in [5.74, 6) is 7.31. The van der Waals surface area contributed by atoms with Gasteiger partial charge in [-0.15, -0.1) is 0 Å². The van der Waals surface area contributed by atoms with Crippen molar-refractivity contribution in [3.05, 3.63) is 35.4 Å². The fourth-order valence-electron chi connectivity index (χ4n) is 1.89. The highest BCUT2D eigenvalue weighted by atomic mass is 16.5. The van der Waals surface area contributed by atoms with E-state index in [0.29, 0.717) is 17.6 Å². The third-order valence-corrected chi connectivity index (χ3v) is 2.87. The van der Waals surface area contributed by atoms with Gasteiger partial charge < -0.3 is 15.9 Å². The van der Waals surface area contributed by atoms with Gasteiger partial charge in [0.2, 0.25) is 11.8 Å². The minimum absolute atomic E-state index is 0.106. The summed E-state index contributed by atoms with van der Waals surface area (Å²) >= 11 is 0. The molecular formula is C14H19N5O. The van der Waals surface area contributed by atoms with Crippen LogP contribution in [0.15, 0.2) is 24.3 Å². The highest BCUT2D eigenvalue weighted by molar-refractivity contribution is 5.45. The summed E-state index contributed by atoms with van der Waals surface area (Å²) in [6.07, 6.45) is 0. The van der Waals surface area contributed by atoms with Crippen molar-refractivity contribution in [3.8, 4) is 11.6 Å². The van der Waals surface area contributed by atoms with Crippen LogP contribution in [0, 0.1) is 6.92 Å². The number of benzene rings is 1. The third-order valence-electron chi connectivity index (χ3n) is 2.87. The largest absolute Gasteiger partial charge is 0.438 e. The highest BCUT2D eigenvalue weighted by Crippen LogP contribution is 2.31. The first kappa shape index (κ1) is 14.1. The molecule has 106 valence electrons. The zero-order chi connectivity index (χ0) is 14.7. The molecule has 0 unspecified atom stereocenters. The molecule has 20 heavy (non-hydrogen) atoms. The van der Waals surface area contributed by atoms with Crippen molar-refractivity contribution >= 4 is 11.8 Å². The molecular weight excluding hydrogens is 254 g/mol. The molecule has 1 heterocycles. The fraction of sp³-hybridized carbons (Fsp3) is 0.286. The average molecular weight is 273 g/mol. The first-order chi connectivity index (χ1) is 9.49. The standard InChI is InChI=1S/C14H19N5O/c1-8(2)10-5-4-9(3)6-11(10)20-13-7-12(19-16)17-14(15)18-13/h4-8H,16H2,1-3H3,(H3,15,17,18,19). The lowest BCUT2D eigenvalue weighted by Gasteiger charge is -2.14. The van der Waals surface area contributed by atoms with Gasteiger partial charge in [0.1, 0.15) is 11.6 Å². The molecule has 0 amide bonds. The van der Waals surface area contributed by atoms with E-state index in [0.717, 1.165) is 16.9 Å². The Morgan fingerprint density at radius 1 is 1.20 bits per heavy atom. The van der Waals surface area contributed by atoms with Crippen molar-refractivity contribution < 1.29 is 4.74 Å². The smallest absolute Gasteiger partial charge is 0.226 e. The van der Waals surface area contributed by atoms with Crippen molar-refractivity contribution in [1.82, 2.24) is 9.97 Å². The van der Waals surface area contributed by atoms with Gasteiger partial charge in [0.15, 0.2) is 0 Å². The van der Waals surface area contributed by atoms with Crippen LogP contribution in [0.3, 0.4) is 0 Å². The van der Waals surface area contributed by atoms with Crippen molar-refractivity contribution in [1.29, 1.82) is 0 Å². The Kier molecular flexibility index (Phi) is 4.05. The predicted octanol–water partition coefficient (Wildman–Crippen LogP) is 2.57. The maximum Gasteiger partial charge on any atom is 0.226 e. The number of hydrogen-bond acceptors (Lipinski definition) is 6. The number of anilines is 2. The van der Waals surface area contributed by atoms with E-state index in [9.17, 15) is 0 Å². The summed E-state index contributed by atoms with van der Waals surface area (Å²) in [5, 5.41) is 0. The van der Waals surface area contributed by atoms with Crippen molar-refractivity contribution in [2.24, 2.45) is 5.84 Å². The van der Waals surface area contributed by atoms with E-state index < -0.39 is 0 Å². The Hall–Kier alpha value is -2.34. The summed E-state index contributed by atoms with van der Waals surface area (Å²) in [5.41, 5.74) is 10.3. The predicted molar refractivity (Wildman–Crippen MR) is 79.6 cm³/mol. The van der Waals surface area contributed by atoms with Crippen LogP contribution in [0.25, 0.3) is 0 Å². The third kappa shape index (κ3) is 3.16. The van der Waals surface area contributed by atoms with Gasteiger partial charge in [-0.1, -0.05) is 26.0 Å². The van der Waals surface area contributed by atoms with E-state index in [4.69, 9.17) is 16.3 Å². The number of ether oxygens (including phenoxy) is 1. The van der Waals surface area contributed by atoms with Crippen LogP contribution in [-0.2, 0) is 0 Å². The summed E-state index contributed by atoms with van der Waals surface area (Å²) < 4.78 is 5.85. The topological polar surface area (TPSA) is 99.1 Å². The normalized spacial score (nSPS) is 10.7. The maximum absolute atomic E-state index is 5.85. The average Bonchev–Trinajstić information content (AvgIpc) is 2.37. The van der Waals surface area contributed by atoms with Crippen LogP contribution in [0.5, 0.6) is 11.6 Å². The van der Waals surface area contributed by atoms with Crippen LogP contribution in [0.1, 0.15) is 30.9 Å². The molecule has 1 aromatic heterocycles. The van der Waals surface area contributed by atoms with Gasteiger partial charge in [-0.2, -0.15) is 9.97 Å². The summed E-state index contributed by atoms with van der Waals surface area (Å²) in [6, 6.07) is 7.69. The lowest BCUT2D eigenvalue weighted by atomic mass is 10.0. The van der Waals surface area contributed by atoms with E-state index >= 15 is 0 Å². The molecule has 0 aliphatic heterocycles. The van der Waals surface area contributed by atoms with E-state index in [1.807, 2.05) is 13.0 Å². The van der Waals surface area contributed by atoms with Crippen LogP contribution < -0.4 is 21.7 Å². The molecule has 0 spiro atoms. The van der Waals surface area contributed by atoms with Crippen LogP contribution >= 0.6 is 0 Å². The van der Waals surface area contributed by atoms with Crippen LogP contribution in [-0.4, -0.2) is 9.97 Å².